The van der Waals surface area contributed by atoms with Gasteiger partial charge in [0.05, 0.1) is 16.6 Å². The summed E-state index contributed by atoms with van der Waals surface area (Å²) in [7, 11) is 0. The maximum absolute atomic E-state index is 5.37. The largest absolute Gasteiger partial charge is 0.278 e. The molecule has 0 unspecified atom stereocenters. The first-order valence-electron chi connectivity index (χ1n) is 14.3. The molecule has 8 aromatic rings. The molecule has 3 aromatic carbocycles. The molecule has 43 heavy (non-hydrogen) atoms. The van der Waals surface area contributed by atoms with Crippen LogP contribution in [0.15, 0.2) is 125 Å². The summed E-state index contributed by atoms with van der Waals surface area (Å²) in [4.78, 5) is 20.1. The molecule has 7 heteroatoms. The van der Waals surface area contributed by atoms with E-state index in [9.17, 15) is 0 Å². The van der Waals surface area contributed by atoms with Crippen LogP contribution in [0.3, 0.4) is 0 Å². The van der Waals surface area contributed by atoms with Crippen molar-refractivity contribution in [2.45, 2.75) is 12.8 Å². The van der Waals surface area contributed by atoms with Crippen LogP contribution < -0.4 is 0 Å². The maximum atomic E-state index is 5.37. The van der Waals surface area contributed by atoms with Gasteiger partial charge in [0.2, 0.25) is 0 Å². The molecule has 0 aliphatic carbocycles. The zero-order valence-corrected chi connectivity index (χ0v) is 24.5. The van der Waals surface area contributed by atoms with Crippen LogP contribution in [0.4, 0.5) is 0 Å². The van der Waals surface area contributed by atoms with Crippen molar-refractivity contribution in [1.29, 1.82) is 0 Å². The Bertz CT molecular complexity index is 2380. The van der Waals surface area contributed by atoms with Gasteiger partial charge in [0.1, 0.15) is 27.6 Å². The summed E-state index contributed by atoms with van der Waals surface area (Å²) in [5.41, 5.74) is 7.14. The topological polar surface area (TPSA) is 60.9 Å². The number of rotatable bonds is 1. The van der Waals surface area contributed by atoms with Gasteiger partial charge in [-0.3, -0.25) is 9.13 Å². The first-order valence-corrected chi connectivity index (χ1v) is 15.1. The number of benzene rings is 3. The zero-order valence-electron chi connectivity index (χ0n) is 22.9. The molecule has 0 spiro atoms. The summed E-state index contributed by atoms with van der Waals surface area (Å²) in [6, 6.07) is 33.7. The molecular formula is C36H23BrN6. The van der Waals surface area contributed by atoms with Crippen molar-refractivity contribution in [2.24, 2.45) is 4.99 Å². The van der Waals surface area contributed by atoms with Crippen molar-refractivity contribution < 1.29 is 0 Å². The fourth-order valence-electron chi connectivity index (χ4n) is 6.58. The lowest BCUT2D eigenvalue weighted by Gasteiger charge is -2.19. The number of hydrogen-bond acceptors (Lipinski definition) is 4. The molecule has 0 atom stereocenters. The number of nitrogens with zero attached hydrogens (tertiary/aromatic N) is 6. The lowest BCUT2D eigenvalue weighted by molar-refractivity contribution is 0.981. The molecule has 5 aromatic heterocycles. The van der Waals surface area contributed by atoms with Gasteiger partial charge < -0.3 is 0 Å². The van der Waals surface area contributed by atoms with Gasteiger partial charge in [-0.2, -0.15) is 0 Å². The Morgan fingerprint density at radius 3 is 2.00 bits per heavy atom. The van der Waals surface area contributed by atoms with E-state index in [1.165, 1.54) is 10.9 Å². The Hall–Kier alpha value is -5.14. The number of halogens is 1. The minimum absolute atomic E-state index is 0.813. The van der Waals surface area contributed by atoms with Crippen molar-refractivity contribution in [3.8, 4) is 5.82 Å². The second-order valence-electron chi connectivity index (χ2n) is 10.8. The Kier molecular flexibility index (Phi) is 5.37. The van der Waals surface area contributed by atoms with Crippen LogP contribution >= 0.6 is 15.9 Å². The SMILES string of the molecule is BrC1=CCCc2c(ccc3ccc(-n4c5ccccc5c5cccnc54)nc23)C(n2c3ccccc3c3cccnc32)=N1. The normalized spacial score (nSPS) is 13.8. The molecule has 0 N–H and O–H groups in total. The van der Waals surface area contributed by atoms with Crippen molar-refractivity contribution in [3.63, 3.8) is 0 Å². The molecule has 6 nitrogen and oxygen atoms in total. The van der Waals surface area contributed by atoms with Crippen LogP contribution in [-0.4, -0.2) is 29.9 Å². The molecule has 1 aliphatic rings. The maximum Gasteiger partial charge on any atom is 0.147 e. The minimum Gasteiger partial charge on any atom is -0.278 e. The summed E-state index contributed by atoms with van der Waals surface area (Å²) in [5.74, 6) is 1.68. The van der Waals surface area contributed by atoms with Crippen molar-refractivity contribution in [1.82, 2.24) is 24.1 Å². The Morgan fingerprint density at radius 1 is 0.628 bits per heavy atom. The molecule has 0 bridgehead atoms. The number of aliphatic imine (C=N–C) groups is 1. The van der Waals surface area contributed by atoms with Gasteiger partial charge in [0, 0.05) is 44.9 Å². The summed E-state index contributed by atoms with van der Waals surface area (Å²) in [6.45, 7) is 0. The fraction of sp³-hybridized carbons (Fsp3) is 0.0556. The first kappa shape index (κ1) is 24.5. The molecular weight excluding hydrogens is 596 g/mol. The Balaban J connectivity index is 1.34. The van der Waals surface area contributed by atoms with E-state index in [0.29, 0.717) is 0 Å². The number of hydrogen-bond donors (Lipinski definition) is 0. The van der Waals surface area contributed by atoms with E-state index >= 15 is 0 Å². The highest BCUT2D eigenvalue weighted by molar-refractivity contribution is 9.11. The molecule has 0 fully saturated rings. The summed E-state index contributed by atoms with van der Waals surface area (Å²) < 4.78 is 5.18. The molecule has 9 rings (SSSR count). The van der Waals surface area contributed by atoms with E-state index in [1.807, 2.05) is 24.5 Å². The third-order valence-corrected chi connectivity index (χ3v) is 8.92. The molecule has 0 amide bonds. The monoisotopic (exact) mass is 618 g/mol. The van der Waals surface area contributed by atoms with Crippen LogP contribution in [0.5, 0.6) is 0 Å². The van der Waals surface area contributed by atoms with Crippen molar-refractivity contribution in [2.75, 3.05) is 0 Å². The summed E-state index contributed by atoms with van der Waals surface area (Å²) in [6.07, 6.45) is 7.51. The van der Waals surface area contributed by atoms with Crippen LogP contribution in [0.25, 0.3) is 60.6 Å². The van der Waals surface area contributed by atoms with E-state index in [0.717, 1.165) is 84.1 Å². The number of pyridine rings is 3. The smallest absolute Gasteiger partial charge is 0.147 e. The zero-order chi connectivity index (χ0) is 28.5. The van der Waals surface area contributed by atoms with Gasteiger partial charge in [-0.1, -0.05) is 54.6 Å². The van der Waals surface area contributed by atoms with E-state index in [4.69, 9.17) is 19.9 Å². The third kappa shape index (κ3) is 3.64. The van der Waals surface area contributed by atoms with E-state index in [1.54, 1.807) is 0 Å². The van der Waals surface area contributed by atoms with Gasteiger partial charge in [0.15, 0.2) is 0 Å². The average Bonchev–Trinajstić information content (AvgIpc) is 3.56. The highest BCUT2D eigenvalue weighted by atomic mass is 79.9. The minimum atomic E-state index is 0.813. The third-order valence-electron chi connectivity index (χ3n) is 8.42. The number of aromatic nitrogens is 5. The van der Waals surface area contributed by atoms with Crippen LogP contribution in [0.1, 0.15) is 17.5 Å². The lowest BCUT2D eigenvalue weighted by atomic mass is 9.97. The van der Waals surface area contributed by atoms with Crippen LogP contribution in [0, 0.1) is 0 Å². The Morgan fingerprint density at radius 2 is 1.26 bits per heavy atom. The van der Waals surface area contributed by atoms with Crippen molar-refractivity contribution >= 4 is 76.5 Å². The highest BCUT2D eigenvalue weighted by Gasteiger charge is 2.23. The van der Waals surface area contributed by atoms with Gasteiger partial charge in [-0.15, -0.1) is 0 Å². The quantitative estimate of drug-likeness (QED) is 0.173. The number of allylic oxidation sites excluding steroid dienone is 1. The molecule has 0 saturated carbocycles. The standard InChI is InChI=1S/C36H23BrN6/c37-31-15-5-10-25-28(36(40-31)43-30-14-4-2-9-24(30)27-12-7-21-39-35(27)43)18-16-22-17-19-32(41-33(22)25)42-29-13-3-1-8-23(29)26-11-6-20-38-34(26)42/h1-4,6-9,11-21H,5,10H2. The highest BCUT2D eigenvalue weighted by Crippen LogP contribution is 2.35. The predicted molar refractivity (Wildman–Crippen MR) is 178 cm³/mol. The summed E-state index contributed by atoms with van der Waals surface area (Å²) >= 11 is 3.73. The number of fused-ring (bicyclic) bond motifs is 9. The van der Waals surface area contributed by atoms with Gasteiger partial charge in [-0.25, -0.2) is 19.9 Å². The predicted octanol–water partition coefficient (Wildman–Crippen LogP) is 8.71. The number of aryl methyl sites for hydroxylation is 1. The van der Waals surface area contributed by atoms with Gasteiger partial charge in [-0.05, 0) is 82.9 Å². The second-order valence-corrected chi connectivity index (χ2v) is 11.6. The summed E-state index contributed by atoms with van der Waals surface area (Å²) in [5, 5.41) is 5.63. The molecule has 0 radical (unpaired) electrons. The molecule has 0 saturated heterocycles. The lowest BCUT2D eigenvalue weighted by Crippen LogP contribution is -2.18. The number of para-hydroxylation sites is 2. The average molecular weight is 620 g/mol. The Labute approximate surface area is 254 Å². The second kappa shape index (κ2) is 9.44. The fourth-order valence-corrected chi connectivity index (χ4v) is 6.97. The molecule has 6 heterocycles. The van der Waals surface area contributed by atoms with Crippen LogP contribution in [0.2, 0.25) is 0 Å². The van der Waals surface area contributed by atoms with Crippen molar-refractivity contribution in [3.05, 3.63) is 131 Å². The van der Waals surface area contributed by atoms with E-state index in [2.05, 4.69) is 116 Å². The molecule has 1 aliphatic heterocycles. The van der Waals surface area contributed by atoms with E-state index < -0.39 is 0 Å². The first-order chi connectivity index (χ1) is 21.3. The van der Waals surface area contributed by atoms with E-state index in [-0.39, 0.29) is 0 Å². The molecule has 204 valence electrons. The van der Waals surface area contributed by atoms with Gasteiger partial charge in [0.25, 0.3) is 0 Å². The van der Waals surface area contributed by atoms with Crippen LogP contribution in [-0.2, 0) is 6.42 Å². The van der Waals surface area contributed by atoms with Gasteiger partial charge >= 0.3 is 0 Å².